The number of para-hydroxylation sites is 1. The van der Waals surface area contributed by atoms with Gasteiger partial charge in [-0.2, -0.15) is 0 Å². The molecule has 116 valence electrons. The number of ether oxygens (including phenoxy) is 1. The molecule has 0 spiro atoms. The van der Waals surface area contributed by atoms with Crippen LogP contribution < -0.4 is 10.6 Å². The maximum Gasteiger partial charge on any atom is 0.340 e. The lowest BCUT2D eigenvalue weighted by molar-refractivity contribution is -0.124. The Balaban J connectivity index is 1.87. The summed E-state index contributed by atoms with van der Waals surface area (Å²) in [5, 5.41) is 7.66. The summed E-state index contributed by atoms with van der Waals surface area (Å²) in [4.78, 5) is 24.9. The number of hydrogen-bond donors (Lipinski definition) is 2. The molecule has 1 amide bonds. The number of amides is 1. The third kappa shape index (κ3) is 4.08. The minimum atomic E-state index is -0.524. The molecular weight excluding hydrogens is 300 g/mol. The van der Waals surface area contributed by atoms with Crippen LogP contribution in [0.15, 0.2) is 41.8 Å². The molecule has 0 radical (unpaired) electrons. The van der Waals surface area contributed by atoms with Crippen molar-refractivity contribution in [3.63, 3.8) is 0 Å². The first-order valence-corrected chi connectivity index (χ1v) is 7.76. The van der Waals surface area contributed by atoms with Crippen molar-refractivity contribution in [2.24, 2.45) is 0 Å². The van der Waals surface area contributed by atoms with E-state index in [-0.39, 0.29) is 18.6 Å². The fraction of sp³-hybridized carbons (Fsp3) is 0.250. The summed E-state index contributed by atoms with van der Waals surface area (Å²) >= 11 is 1.57. The monoisotopic (exact) mass is 318 g/mol. The zero-order valence-corrected chi connectivity index (χ0v) is 13.3. The Morgan fingerprint density at radius 2 is 2.00 bits per heavy atom. The van der Waals surface area contributed by atoms with Gasteiger partial charge in [0.1, 0.15) is 0 Å². The molecule has 0 bridgehead atoms. The van der Waals surface area contributed by atoms with Gasteiger partial charge in [0.05, 0.1) is 11.6 Å². The smallest absolute Gasteiger partial charge is 0.340 e. The van der Waals surface area contributed by atoms with Gasteiger partial charge in [-0.15, -0.1) is 11.3 Å². The largest absolute Gasteiger partial charge is 0.452 e. The van der Waals surface area contributed by atoms with E-state index >= 15 is 0 Å². The van der Waals surface area contributed by atoms with E-state index in [1.165, 1.54) is 0 Å². The van der Waals surface area contributed by atoms with E-state index in [0.717, 1.165) is 4.88 Å². The van der Waals surface area contributed by atoms with Gasteiger partial charge in [0, 0.05) is 17.6 Å². The molecule has 0 aliphatic heterocycles. The summed E-state index contributed by atoms with van der Waals surface area (Å²) in [6.07, 6.45) is 0. The van der Waals surface area contributed by atoms with Gasteiger partial charge in [0.15, 0.2) is 6.61 Å². The molecule has 0 saturated carbocycles. The van der Waals surface area contributed by atoms with Crippen LogP contribution in [0.3, 0.4) is 0 Å². The Labute approximate surface area is 133 Å². The van der Waals surface area contributed by atoms with Gasteiger partial charge in [-0.05, 0) is 30.5 Å². The number of carbonyl (C=O) groups excluding carboxylic acids is 2. The summed E-state index contributed by atoms with van der Waals surface area (Å²) in [6, 6.07) is 10.8. The summed E-state index contributed by atoms with van der Waals surface area (Å²) in [5.41, 5.74) is 1.07. The molecule has 1 aromatic carbocycles. The lowest BCUT2D eigenvalue weighted by Crippen LogP contribution is -2.30. The Morgan fingerprint density at radius 3 is 2.68 bits per heavy atom. The van der Waals surface area contributed by atoms with Gasteiger partial charge in [-0.3, -0.25) is 4.79 Å². The topological polar surface area (TPSA) is 67.4 Å². The molecule has 1 unspecified atom stereocenters. The minimum absolute atomic E-state index is 0.101. The average molecular weight is 318 g/mol. The highest BCUT2D eigenvalue weighted by atomic mass is 32.1. The zero-order chi connectivity index (χ0) is 15.9. The third-order valence-corrected chi connectivity index (χ3v) is 4.15. The van der Waals surface area contributed by atoms with E-state index < -0.39 is 5.97 Å². The Bertz CT molecular complexity index is 641. The number of benzene rings is 1. The molecule has 1 aromatic heterocycles. The van der Waals surface area contributed by atoms with Crippen LogP contribution in [0.1, 0.15) is 28.2 Å². The second-order valence-corrected chi connectivity index (χ2v) is 5.66. The van der Waals surface area contributed by atoms with Crippen molar-refractivity contribution in [2.45, 2.75) is 13.0 Å². The SMILES string of the molecule is CNc1ccccc1C(=O)OCC(=O)NC(C)c1cccs1. The van der Waals surface area contributed by atoms with Crippen LogP contribution in [0, 0.1) is 0 Å². The van der Waals surface area contributed by atoms with Crippen LogP contribution >= 0.6 is 11.3 Å². The van der Waals surface area contributed by atoms with Crippen molar-refractivity contribution in [3.05, 3.63) is 52.2 Å². The summed E-state index contributed by atoms with van der Waals surface area (Å²) in [6.45, 7) is 1.59. The predicted molar refractivity (Wildman–Crippen MR) is 87.1 cm³/mol. The highest BCUT2D eigenvalue weighted by Crippen LogP contribution is 2.18. The number of hydrogen-bond acceptors (Lipinski definition) is 5. The van der Waals surface area contributed by atoms with Crippen molar-refractivity contribution in [1.82, 2.24) is 5.32 Å². The van der Waals surface area contributed by atoms with Gasteiger partial charge < -0.3 is 15.4 Å². The number of rotatable bonds is 6. The summed E-state index contributed by atoms with van der Waals surface area (Å²) < 4.78 is 5.06. The van der Waals surface area contributed by atoms with Gasteiger partial charge in [0.2, 0.25) is 0 Å². The van der Waals surface area contributed by atoms with Crippen LogP contribution in [0.4, 0.5) is 5.69 Å². The number of esters is 1. The third-order valence-electron chi connectivity index (χ3n) is 3.10. The number of carbonyl (C=O) groups is 2. The van der Waals surface area contributed by atoms with E-state index in [4.69, 9.17) is 4.74 Å². The van der Waals surface area contributed by atoms with E-state index in [9.17, 15) is 9.59 Å². The number of nitrogens with one attached hydrogen (secondary N) is 2. The average Bonchev–Trinajstić information content (AvgIpc) is 3.07. The standard InChI is InChI=1S/C16H18N2O3S/c1-11(14-8-5-9-22-14)18-15(19)10-21-16(20)12-6-3-4-7-13(12)17-2/h3-9,11,17H,10H2,1-2H3,(H,18,19). The fourth-order valence-electron chi connectivity index (χ4n) is 1.98. The lowest BCUT2D eigenvalue weighted by Gasteiger charge is -2.13. The fourth-order valence-corrected chi connectivity index (χ4v) is 2.71. The maximum atomic E-state index is 12.0. The molecule has 0 aliphatic rings. The van der Waals surface area contributed by atoms with Crippen LogP contribution in [0.25, 0.3) is 0 Å². The molecule has 5 nitrogen and oxygen atoms in total. The van der Waals surface area contributed by atoms with Gasteiger partial charge in [-0.1, -0.05) is 18.2 Å². The summed E-state index contributed by atoms with van der Waals surface area (Å²) in [5.74, 6) is -0.847. The molecule has 6 heteroatoms. The van der Waals surface area contributed by atoms with E-state index in [1.54, 1.807) is 36.6 Å². The molecule has 0 aliphatic carbocycles. The highest BCUT2D eigenvalue weighted by molar-refractivity contribution is 7.10. The molecular formula is C16H18N2O3S. The maximum absolute atomic E-state index is 12.0. The van der Waals surface area contributed by atoms with E-state index in [2.05, 4.69) is 10.6 Å². The van der Waals surface area contributed by atoms with Crippen LogP contribution in [-0.2, 0) is 9.53 Å². The molecule has 2 aromatic rings. The molecule has 1 heterocycles. The molecule has 0 fully saturated rings. The van der Waals surface area contributed by atoms with Crippen molar-refractivity contribution in [1.29, 1.82) is 0 Å². The molecule has 2 rings (SSSR count). The van der Waals surface area contributed by atoms with Crippen LogP contribution in [-0.4, -0.2) is 25.5 Å². The highest BCUT2D eigenvalue weighted by Gasteiger charge is 2.15. The first kappa shape index (κ1) is 16.0. The van der Waals surface area contributed by atoms with Crippen LogP contribution in [0.2, 0.25) is 0 Å². The van der Waals surface area contributed by atoms with Crippen molar-refractivity contribution >= 4 is 28.9 Å². The first-order chi connectivity index (χ1) is 10.6. The van der Waals surface area contributed by atoms with E-state index in [1.807, 2.05) is 30.5 Å². The normalized spacial score (nSPS) is 11.5. The van der Waals surface area contributed by atoms with Crippen LogP contribution in [0.5, 0.6) is 0 Å². The Hall–Kier alpha value is -2.34. The zero-order valence-electron chi connectivity index (χ0n) is 12.5. The molecule has 22 heavy (non-hydrogen) atoms. The molecule has 1 atom stereocenters. The lowest BCUT2D eigenvalue weighted by atomic mass is 10.2. The van der Waals surface area contributed by atoms with Crippen molar-refractivity contribution in [3.8, 4) is 0 Å². The quantitative estimate of drug-likeness (QED) is 0.804. The number of anilines is 1. The van der Waals surface area contributed by atoms with Crippen molar-refractivity contribution < 1.29 is 14.3 Å². The number of thiophene rings is 1. The van der Waals surface area contributed by atoms with Gasteiger partial charge in [-0.25, -0.2) is 4.79 Å². The van der Waals surface area contributed by atoms with Gasteiger partial charge in [0.25, 0.3) is 5.91 Å². The van der Waals surface area contributed by atoms with Gasteiger partial charge >= 0.3 is 5.97 Å². The first-order valence-electron chi connectivity index (χ1n) is 6.88. The van der Waals surface area contributed by atoms with Crippen molar-refractivity contribution in [2.75, 3.05) is 19.0 Å². The molecule has 2 N–H and O–H groups in total. The Kier molecular flexibility index (Phi) is 5.55. The predicted octanol–water partition coefficient (Wildman–Crippen LogP) is 2.82. The Morgan fingerprint density at radius 1 is 1.23 bits per heavy atom. The minimum Gasteiger partial charge on any atom is -0.452 e. The second kappa shape index (κ2) is 7.61. The molecule has 0 saturated heterocycles. The summed E-state index contributed by atoms with van der Waals surface area (Å²) in [7, 11) is 1.72. The van der Waals surface area contributed by atoms with E-state index in [0.29, 0.717) is 11.3 Å². The second-order valence-electron chi connectivity index (χ2n) is 4.68.